The maximum atomic E-state index is 14.3. The normalized spacial score (nSPS) is 22.8. The highest BCUT2D eigenvalue weighted by Crippen LogP contribution is 2.45. The van der Waals surface area contributed by atoms with Crippen molar-refractivity contribution in [3.05, 3.63) is 65.0 Å². The Morgan fingerprint density at radius 3 is 2.64 bits per heavy atom. The second-order valence-electron chi connectivity index (χ2n) is 7.94. The Bertz CT molecular complexity index is 850. The third-order valence-electron chi connectivity index (χ3n) is 5.90. The standard InChI is InChI=1S/C23H26FNO3/c1-15-21(8-5-11-25(15)14-16-6-3-2-4-7-16)28-22-13-20(24)19(23(26)27)12-18(22)17-9-10-17/h2-4,6-7,12-13,15,17,21H,5,8-11,14H2,1H3,(H,26,27)/t15-,21-/m1/s1. The van der Waals surface area contributed by atoms with Gasteiger partial charge in [-0.1, -0.05) is 30.3 Å². The molecule has 28 heavy (non-hydrogen) atoms. The molecule has 0 radical (unpaired) electrons. The lowest BCUT2D eigenvalue weighted by Crippen LogP contribution is -2.48. The SMILES string of the molecule is C[C@@H]1[C@H](Oc2cc(F)c(C(=O)O)cc2C2CC2)CCCN1Cc1ccccc1. The number of aromatic carboxylic acids is 1. The van der Waals surface area contributed by atoms with Gasteiger partial charge >= 0.3 is 5.97 Å². The van der Waals surface area contributed by atoms with Crippen molar-refractivity contribution in [2.75, 3.05) is 6.54 Å². The summed E-state index contributed by atoms with van der Waals surface area (Å²) in [5, 5.41) is 9.23. The Balaban J connectivity index is 1.53. The van der Waals surface area contributed by atoms with E-state index in [4.69, 9.17) is 4.74 Å². The van der Waals surface area contributed by atoms with Crippen molar-refractivity contribution in [2.24, 2.45) is 0 Å². The van der Waals surface area contributed by atoms with Gasteiger partial charge in [-0.25, -0.2) is 9.18 Å². The Kier molecular flexibility index (Phi) is 5.36. The quantitative estimate of drug-likeness (QED) is 0.776. The molecule has 1 aliphatic heterocycles. The number of hydrogen-bond acceptors (Lipinski definition) is 3. The lowest BCUT2D eigenvalue weighted by Gasteiger charge is -2.39. The molecule has 1 saturated carbocycles. The largest absolute Gasteiger partial charge is 0.488 e. The van der Waals surface area contributed by atoms with Crippen LogP contribution in [0.5, 0.6) is 5.75 Å². The van der Waals surface area contributed by atoms with Gasteiger partial charge < -0.3 is 9.84 Å². The summed E-state index contributed by atoms with van der Waals surface area (Å²) in [6.45, 7) is 4.03. The summed E-state index contributed by atoms with van der Waals surface area (Å²) < 4.78 is 20.6. The van der Waals surface area contributed by atoms with Crippen LogP contribution in [0, 0.1) is 5.82 Å². The number of carbonyl (C=O) groups is 1. The fourth-order valence-corrected chi connectivity index (χ4v) is 4.09. The monoisotopic (exact) mass is 383 g/mol. The van der Waals surface area contributed by atoms with Crippen molar-refractivity contribution in [2.45, 2.75) is 57.2 Å². The molecule has 1 heterocycles. The Labute approximate surface area is 164 Å². The average molecular weight is 383 g/mol. The zero-order chi connectivity index (χ0) is 19.7. The number of carboxylic acids is 1. The maximum absolute atomic E-state index is 14.3. The van der Waals surface area contributed by atoms with Gasteiger partial charge in [0, 0.05) is 18.7 Å². The summed E-state index contributed by atoms with van der Waals surface area (Å²) in [6, 6.07) is 13.3. The van der Waals surface area contributed by atoms with Crippen LogP contribution in [-0.2, 0) is 6.54 Å². The molecule has 2 aromatic carbocycles. The predicted molar refractivity (Wildman–Crippen MR) is 105 cm³/mol. The van der Waals surface area contributed by atoms with Crippen LogP contribution in [0.15, 0.2) is 42.5 Å². The number of hydrogen-bond donors (Lipinski definition) is 1. The van der Waals surface area contributed by atoms with Gasteiger partial charge in [0.15, 0.2) is 0 Å². The third kappa shape index (κ3) is 4.04. The number of nitrogens with zero attached hydrogens (tertiary/aromatic N) is 1. The Morgan fingerprint density at radius 1 is 1.21 bits per heavy atom. The molecule has 0 unspecified atom stereocenters. The second-order valence-corrected chi connectivity index (χ2v) is 7.94. The molecular formula is C23H26FNO3. The van der Waals surface area contributed by atoms with E-state index in [0.717, 1.165) is 44.3 Å². The first-order valence-corrected chi connectivity index (χ1v) is 10.0. The highest BCUT2D eigenvalue weighted by molar-refractivity contribution is 5.88. The van der Waals surface area contributed by atoms with E-state index in [1.54, 1.807) is 0 Å². The van der Waals surface area contributed by atoms with Gasteiger partial charge in [-0.15, -0.1) is 0 Å². The van der Waals surface area contributed by atoms with Gasteiger partial charge in [0.05, 0.1) is 5.56 Å². The van der Waals surface area contributed by atoms with Crippen molar-refractivity contribution in [3.63, 3.8) is 0 Å². The highest BCUT2D eigenvalue weighted by Gasteiger charge is 2.33. The number of carboxylic acid groups (broad SMARTS) is 1. The lowest BCUT2D eigenvalue weighted by atomic mass is 9.98. The van der Waals surface area contributed by atoms with Gasteiger partial charge in [0.1, 0.15) is 17.7 Å². The first-order chi connectivity index (χ1) is 13.5. The molecule has 1 saturated heterocycles. The molecule has 2 fully saturated rings. The summed E-state index contributed by atoms with van der Waals surface area (Å²) in [6.07, 6.45) is 3.91. The van der Waals surface area contributed by atoms with Gasteiger partial charge in [-0.05, 0) is 62.3 Å². The predicted octanol–water partition coefficient (Wildman–Crippen LogP) is 4.83. The first-order valence-electron chi connectivity index (χ1n) is 10.0. The maximum Gasteiger partial charge on any atom is 0.338 e. The van der Waals surface area contributed by atoms with E-state index in [0.29, 0.717) is 5.75 Å². The molecule has 0 spiro atoms. The van der Waals surface area contributed by atoms with Crippen LogP contribution in [-0.4, -0.2) is 34.7 Å². The zero-order valence-electron chi connectivity index (χ0n) is 16.1. The van der Waals surface area contributed by atoms with E-state index in [-0.39, 0.29) is 23.6 Å². The second kappa shape index (κ2) is 7.92. The van der Waals surface area contributed by atoms with Gasteiger partial charge in [0.25, 0.3) is 0 Å². The van der Waals surface area contributed by atoms with Crippen molar-refractivity contribution < 1.29 is 19.0 Å². The molecule has 2 atom stereocenters. The number of ether oxygens (including phenoxy) is 1. The summed E-state index contributed by atoms with van der Waals surface area (Å²) >= 11 is 0. The van der Waals surface area contributed by atoms with Crippen LogP contribution in [0.25, 0.3) is 0 Å². The summed E-state index contributed by atoms with van der Waals surface area (Å²) in [7, 11) is 0. The topological polar surface area (TPSA) is 49.8 Å². The number of halogens is 1. The molecule has 0 aromatic heterocycles. The van der Waals surface area contributed by atoms with E-state index in [2.05, 4.69) is 24.0 Å². The van der Waals surface area contributed by atoms with Crippen molar-refractivity contribution in [1.29, 1.82) is 0 Å². The molecule has 5 heteroatoms. The fourth-order valence-electron chi connectivity index (χ4n) is 4.09. The third-order valence-corrected chi connectivity index (χ3v) is 5.90. The van der Waals surface area contributed by atoms with Gasteiger partial charge in [0.2, 0.25) is 0 Å². The minimum atomic E-state index is -1.23. The van der Waals surface area contributed by atoms with E-state index in [1.807, 2.05) is 18.2 Å². The van der Waals surface area contributed by atoms with E-state index in [1.165, 1.54) is 17.7 Å². The zero-order valence-corrected chi connectivity index (χ0v) is 16.1. The van der Waals surface area contributed by atoms with Crippen molar-refractivity contribution >= 4 is 5.97 Å². The number of likely N-dealkylation sites (tertiary alicyclic amines) is 1. The molecule has 4 nitrogen and oxygen atoms in total. The van der Waals surface area contributed by atoms with Crippen LogP contribution in [0.3, 0.4) is 0 Å². The minimum absolute atomic E-state index is 0.0370. The molecule has 1 aliphatic carbocycles. The number of benzene rings is 2. The molecule has 4 rings (SSSR count). The van der Waals surface area contributed by atoms with E-state index in [9.17, 15) is 14.3 Å². The van der Waals surface area contributed by atoms with E-state index < -0.39 is 11.8 Å². The minimum Gasteiger partial charge on any atom is -0.488 e. The van der Waals surface area contributed by atoms with Crippen LogP contribution < -0.4 is 4.74 Å². The van der Waals surface area contributed by atoms with Crippen LogP contribution in [0.1, 0.15) is 60.0 Å². The first kappa shape index (κ1) is 18.9. The van der Waals surface area contributed by atoms with Crippen molar-refractivity contribution in [1.82, 2.24) is 4.90 Å². The molecule has 0 bridgehead atoms. The fraction of sp³-hybridized carbons (Fsp3) is 0.435. The average Bonchev–Trinajstić information content (AvgIpc) is 3.51. The molecule has 148 valence electrons. The smallest absolute Gasteiger partial charge is 0.338 e. The van der Waals surface area contributed by atoms with Gasteiger partial charge in [-0.3, -0.25) is 4.90 Å². The van der Waals surface area contributed by atoms with Crippen molar-refractivity contribution in [3.8, 4) is 5.75 Å². The van der Waals surface area contributed by atoms with Crippen LogP contribution in [0.2, 0.25) is 0 Å². The molecule has 0 amide bonds. The number of rotatable bonds is 6. The highest BCUT2D eigenvalue weighted by atomic mass is 19.1. The summed E-state index contributed by atoms with van der Waals surface area (Å²) in [5.41, 5.74) is 1.84. The molecule has 1 N–H and O–H groups in total. The van der Waals surface area contributed by atoms with Crippen LogP contribution in [0.4, 0.5) is 4.39 Å². The van der Waals surface area contributed by atoms with Gasteiger partial charge in [-0.2, -0.15) is 0 Å². The summed E-state index contributed by atoms with van der Waals surface area (Å²) in [4.78, 5) is 13.7. The lowest BCUT2D eigenvalue weighted by molar-refractivity contribution is 0.0307. The van der Waals surface area contributed by atoms with Crippen LogP contribution >= 0.6 is 0 Å². The Hall–Kier alpha value is -2.40. The Morgan fingerprint density at radius 2 is 1.96 bits per heavy atom. The summed E-state index contributed by atoms with van der Waals surface area (Å²) in [5.74, 6) is -1.15. The molecule has 2 aliphatic rings. The molecular weight excluding hydrogens is 357 g/mol. The molecule has 2 aromatic rings. The number of piperidine rings is 1. The van der Waals surface area contributed by atoms with E-state index >= 15 is 0 Å².